The fraction of sp³-hybridized carbons (Fsp3) is 0.263. The largest absolute Gasteiger partial charge is 0.454 e. The summed E-state index contributed by atoms with van der Waals surface area (Å²) in [6, 6.07) is 14.3. The number of benzene rings is 3. The van der Waals surface area contributed by atoms with Gasteiger partial charge in [-0.2, -0.15) is 0 Å². The number of aliphatic hydroxyl groups excluding tert-OH is 1. The molecular weight excluding hydrogens is 290 g/mol. The summed E-state index contributed by atoms with van der Waals surface area (Å²) in [7, 11) is 3.90. The van der Waals surface area contributed by atoms with Crippen LogP contribution in [-0.4, -0.2) is 37.4 Å². The van der Waals surface area contributed by atoms with E-state index in [2.05, 4.69) is 24.3 Å². The van der Waals surface area contributed by atoms with Gasteiger partial charge in [-0.1, -0.05) is 36.4 Å². The third-order valence-electron chi connectivity index (χ3n) is 4.29. The summed E-state index contributed by atoms with van der Waals surface area (Å²) < 4.78 is 11.3. The molecule has 0 aliphatic carbocycles. The second-order valence-corrected chi connectivity index (χ2v) is 6.19. The molecule has 1 heterocycles. The molecule has 0 fully saturated rings. The molecule has 0 saturated carbocycles. The maximum absolute atomic E-state index is 10.7. The molecule has 4 heteroatoms. The van der Waals surface area contributed by atoms with Crippen molar-refractivity contribution in [1.29, 1.82) is 0 Å². The second-order valence-electron chi connectivity index (χ2n) is 6.19. The standard InChI is InChI=1S/C19H19NO3/c1-20(2)10-16(21)15-9-17-19(23-11-22-17)18-13-6-4-3-5-12(13)7-8-14(15)18/h3-9,16,21H,10-11H2,1-2H3/t16-/m0/s1. The van der Waals surface area contributed by atoms with Gasteiger partial charge in [0.15, 0.2) is 11.5 Å². The number of hydrogen-bond donors (Lipinski definition) is 1. The Bertz CT molecular complexity index is 889. The topological polar surface area (TPSA) is 41.9 Å². The number of nitrogens with zero attached hydrogens (tertiary/aromatic N) is 1. The van der Waals surface area contributed by atoms with Gasteiger partial charge in [0.25, 0.3) is 0 Å². The van der Waals surface area contributed by atoms with E-state index in [-0.39, 0.29) is 6.79 Å². The average Bonchev–Trinajstić information content (AvgIpc) is 3.01. The molecule has 0 bridgehead atoms. The Balaban J connectivity index is 2.05. The minimum Gasteiger partial charge on any atom is -0.454 e. The van der Waals surface area contributed by atoms with Crippen LogP contribution >= 0.6 is 0 Å². The fourth-order valence-corrected chi connectivity index (χ4v) is 3.29. The number of rotatable bonds is 3. The maximum Gasteiger partial charge on any atom is 0.231 e. The first-order chi connectivity index (χ1) is 11.1. The zero-order valence-electron chi connectivity index (χ0n) is 13.2. The summed E-state index contributed by atoms with van der Waals surface area (Å²) in [4.78, 5) is 1.97. The van der Waals surface area contributed by atoms with Gasteiger partial charge in [0, 0.05) is 11.9 Å². The molecule has 0 radical (unpaired) electrons. The Morgan fingerprint density at radius 1 is 1.09 bits per heavy atom. The van der Waals surface area contributed by atoms with E-state index in [9.17, 15) is 5.11 Å². The van der Waals surface area contributed by atoms with Crippen molar-refractivity contribution in [3.63, 3.8) is 0 Å². The molecule has 1 atom stereocenters. The second kappa shape index (κ2) is 5.41. The van der Waals surface area contributed by atoms with Gasteiger partial charge in [0.05, 0.1) is 6.10 Å². The average molecular weight is 309 g/mol. The van der Waals surface area contributed by atoms with Gasteiger partial charge >= 0.3 is 0 Å². The quantitative estimate of drug-likeness (QED) is 0.754. The number of aliphatic hydroxyl groups is 1. The van der Waals surface area contributed by atoms with E-state index in [0.29, 0.717) is 12.3 Å². The van der Waals surface area contributed by atoms with Crippen molar-refractivity contribution in [2.24, 2.45) is 0 Å². The Labute approximate surface area is 134 Å². The lowest BCUT2D eigenvalue weighted by atomic mass is 9.94. The van der Waals surface area contributed by atoms with Gasteiger partial charge in [0.2, 0.25) is 6.79 Å². The summed E-state index contributed by atoms with van der Waals surface area (Å²) in [6.07, 6.45) is -0.580. The molecule has 1 N–H and O–H groups in total. The van der Waals surface area contributed by atoms with Gasteiger partial charge in [-0.25, -0.2) is 0 Å². The third kappa shape index (κ3) is 2.31. The van der Waals surface area contributed by atoms with E-state index < -0.39 is 6.10 Å². The highest BCUT2D eigenvalue weighted by molar-refractivity contribution is 6.12. The summed E-state index contributed by atoms with van der Waals surface area (Å²) in [6.45, 7) is 0.780. The lowest BCUT2D eigenvalue weighted by Crippen LogP contribution is -2.20. The molecule has 1 aliphatic heterocycles. The minimum atomic E-state index is -0.580. The SMILES string of the molecule is CN(C)C[C@H](O)c1cc2c(c3c1ccc1ccccc13)OCO2. The first-order valence-corrected chi connectivity index (χ1v) is 7.72. The van der Waals surface area contributed by atoms with Crippen LogP contribution in [0.3, 0.4) is 0 Å². The summed E-state index contributed by atoms with van der Waals surface area (Å²) in [5.74, 6) is 1.49. The van der Waals surface area contributed by atoms with Crippen molar-refractivity contribution in [2.45, 2.75) is 6.10 Å². The molecule has 0 spiro atoms. The molecule has 0 saturated heterocycles. The number of fused-ring (bicyclic) bond motifs is 5. The van der Waals surface area contributed by atoms with Crippen molar-refractivity contribution in [3.8, 4) is 11.5 Å². The normalized spacial score (nSPS) is 14.8. The Morgan fingerprint density at radius 2 is 1.91 bits per heavy atom. The van der Waals surface area contributed by atoms with Gasteiger partial charge in [-0.15, -0.1) is 0 Å². The van der Waals surface area contributed by atoms with Crippen LogP contribution in [0.2, 0.25) is 0 Å². The first-order valence-electron chi connectivity index (χ1n) is 7.72. The van der Waals surface area contributed by atoms with Crippen molar-refractivity contribution in [2.75, 3.05) is 27.4 Å². The zero-order chi connectivity index (χ0) is 16.0. The molecule has 0 unspecified atom stereocenters. The number of likely N-dealkylation sites (N-methyl/N-ethyl adjacent to an activating group) is 1. The zero-order valence-corrected chi connectivity index (χ0v) is 13.2. The molecule has 3 aromatic carbocycles. The lowest BCUT2D eigenvalue weighted by molar-refractivity contribution is 0.139. The van der Waals surface area contributed by atoms with Crippen LogP contribution in [0, 0.1) is 0 Å². The maximum atomic E-state index is 10.7. The first kappa shape index (κ1) is 14.3. The Kier molecular flexibility index (Phi) is 3.36. The van der Waals surface area contributed by atoms with E-state index >= 15 is 0 Å². The molecule has 0 amide bonds. The molecule has 23 heavy (non-hydrogen) atoms. The predicted octanol–water partition coefficient (Wildman–Crippen LogP) is 3.32. The number of hydrogen-bond acceptors (Lipinski definition) is 4. The third-order valence-corrected chi connectivity index (χ3v) is 4.29. The van der Waals surface area contributed by atoms with Crippen LogP contribution in [0.25, 0.3) is 21.5 Å². The van der Waals surface area contributed by atoms with Crippen LogP contribution in [0.1, 0.15) is 11.7 Å². The molecule has 1 aliphatic rings. The van der Waals surface area contributed by atoms with E-state index in [1.54, 1.807) is 0 Å². The van der Waals surface area contributed by atoms with Crippen LogP contribution < -0.4 is 9.47 Å². The summed E-state index contributed by atoms with van der Waals surface area (Å²) in [5, 5.41) is 15.0. The molecule has 4 rings (SSSR count). The number of ether oxygens (including phenoxy) is 2. The highest BCUT2D eigenvalue weighted by Gasteiger charge is 2.24. The van der Waals surface area contributed by atoms with E-state index in [1.165, 1.54) is 0 Å². The monoisotopic (exact) mass is 309 g/mol. The van der Waals surface area contributed by atoms with Crippen molar-refractivity contribution < 1.29 is 14.6 Å². The highest BCUT2D eigenvalue weighted by Crippen LogP contribution is 2.45. The molecular formula is C19H19NO3. The minimum absolute atomic E-state index is 0.223. The smallest absolute Gasteiger partial charge is 0.231 e. The van der Waals surface area contributed by atoms with Crippen molar-refractivity contribution >= 4 is 21.5 Å². The molecule has 118 valence electrons. The van der Waals surface area contributed by atoms with Crippen LogP contribution in [0.4, 0.5) is 0 Å². The van der Waals surface area contributed by atoms with Gasteiger partial charge in [-0.3, -0.25) is 0 Å². The highest BCUT2D eigenvalue weighted by atomic mass is 16.7. The lowest BCUT2D eigenvalue weighted by Gasteiger charge is -2.19. The van der Waals surface area contributed by atoms with Gasteiger partial charge in [-0.05, 0) is 41.9 Å². The van der Waals surface area contributed by atoms with E-state index in [1.807, 2.05) is 37.2 Å². The summed E-state index contributed by atoms with van der Waals surface area (Å²) in [5.41, 5.74) is 0.878. The predicted molar refractivity (Wildman–Crippen MR) is 91.1 cm³/mol. The van der Waals surface area contributed by atoms with Crippen LogP contribution in [0.5, 0.6) is 11.5 Å². The van der Waals surface area contributed by atoms with Crippen molar-refractivity contribution in [1.82, 2.24) is 4.90 Å². The van der Waals surface area contributed by atoms with Crippen molar-refractivity contribution in [3.05, 3.63) is 48.0 Å². The van der Waals surface area contributed by atoms with Gasteiger partial charge < -0.3 is 19.5 Å². The van der Waals surface area contributed by atoms with Gasteiger partial charge in [0.1, 0.15) is 0 Å². The van der Waals surface area contributed by atoms with Crippen LogP contribution in [0.15, 0.2) is 42.5 Å². The molecule has 4 nitrogen and oxygen atoms in total. The van der Waals surface area contributed by atoms with E-state index in [0.717, 1.165) is 32.9 Å². The van der Waals surface area contributed by atoms with Crippen LogP contribution in [-0.2, 0) is 0 Å². The Hall–Kier alpha value is -2.30. The fourth-order valence-electron chi connectivity index (χ4n) is 3.29. The van der Waals surface area contributed by atoms with E-state index in [4.69, 9.17) is 9.47 Å². The summed E-state index contributed by atoms with van der Waals surface area (Å²) >= 11 is 0. The molecule has 3 aromatic rings. The Morgan fingerprint density at radius 3 is 2.74 bits per heavy atom. The molecule has 0 aromatic heterocycles.